The lowest BCUT2D eigenvalue weighted by Gasteiger charge is -2.30. The standard InChI is InChI=1S/C12H26N2O3/c1-5-10(3)14(7-8-15)12(16)13-11(6-2)9-17-4/h10-11,15H,5-9H2,1-4H3,(H,13,16)/t10-,11+/m0/s1. The third-order valence-corrected chi connectivity index (χ3v) is 2.91. The second-order valence-corrected chi connectivity index (χ2v) is 4.18. The van der Waals surface area contributed by atoms with Crippen molar-refractivity contribution in [1.29, 1.82) is 0 Å². The lowest BCUT2D eigenvalue weighted by molar-refractivity contribution is 0.135. The SMILES string of the molecule is CC[C@H](COC)NC(=O)N(CCO)[C@@H](C)CC. The maximum Gasteiger partial charge on any atom is 0.318 e. The zero-order valence-electron chi connectivity index (χ0n) is 11.4. The van der Waals surface area contributed by atoms with Crippen molar-refractivity contribution in [3.63, 3.8) is 0 Å². The van der Waals surface area contributed by atoms with Gasteiger partial charge < -0.3 is 20.1 Å². The first-order chi connectivity index (χ1) is 8.10. The molecule has 17 heavy (non-hydrogen) atoms. The number of ether oxygens (including phenoxy) is 1. The van der Waals surface area contributed by atoms with Gasteiger partial charge in [0.2, 0.25) is 0 Å². The monoisotopic (exact) mass is 246 g/mol. The minimum atomic E-state index is -0.127. The Hall–Kier alpha value is -0.810. The highest BCUT2D eigenvalue weighted by Crippen LogP contribution is 2.04. The van der Waals surface area contributed by atoms with Crippen LogP contribution in [0.15, 0.2) is 0 Å². The number of carbonyl (C=O) groups excluding carboxylic acids is 1. The van der Waals surface area contributed by atoms with Crippen molar-refractivity contribution >= 4 is 6.03 Å². The minimum Gasteiger partial charge on any atom is -0.395 e. The van der Waals surface area contributed by atoms with Crippen LogP contribution in [0.2, 0.25) is 0 Å². The van der Waals surface area contributed by atoms with Gasteiger partial charge in [-0.2, -0.15) is 0 Å². The molecule has 2 N–H and O–H groups in total. The molecule has 0 radical (unpaired) electrons. The van der Waals surface area contributed by atoms with Crippen molar-refractivity contribution in [2.24, 2.45) is 0 Å². The van der Waals surface area contributed by atoms with Gasteiger partial charge in [0, 0.05) is 19.7 Å². The third-order valence-electron chi connectivity index (χ3n) is 2.91. The summed E-state index contributed by atoms with van der Waals surface area (Å²) in [6.45, 7) is 6.86. The fourth-order valence-electron chi connectivity index (χ4n) is 1.57. The Balaban J connectivity index is 4.39. The summed E-state index contributed by atoms with van der Waals surface area (Å²) in [6, 6.07) is 0.0252. The number of aliphatic hydroxyl groups is 1. The Kier molecular flexibility index (Phi) is 8.80. The summed E-state index contributed by atoms with van der Waals surface area (Å²) in [5, 5.41) is 11.9. The molecule has 0 aliphatic carbocycles. The molecule has 0 heterocycles. The number of nitrogens with one attached hydrogen (secondary N) is 1. The Bertz CT molecular complexity index is 212. The Morgan fingerprint density at radius 1 is 1.41 bits per heavy atom. The molecule has 0 aromatic carbocycles. The topological polar surface area (TPSA) is 61.8 Å². The van der Waals surface area contributed by atoms with Crippen molar-refractivity contribution in [3.05, 3.63) is 0 Å². The molecule has 0 saturated heterocycles. The highest BCUT2D eigenvalue weighted by molar-refractivity contribution is 5.74. The van der Waals surface area contributed by atoms with Crippen LogP contribution in [0.25, 0.3) is 0 Å². The van der Waals surface area contributed by atoms with E-state index in [9.17, 15) is 4.79 Å². The van der Waals surface area contributed by atoms with Gasteiger partial charge in [-0.3, -0.25) is 0 Å². The summed E-state index contributed by atoms with van der Waals surface area (Å²) in [4.78, 5) is 13.7. The molecule has 5 heteroatoms. The number of nitrogens with zero attached hydrogens (tertiary/aromatic N) is 1. The molecule has 0 spiro atoms. The highest BCUT2D eigenvalue weighted by Gasteiger charge is 2.20. The molecule has 0 aliphatic heterocycles. The lowest BCUT2D eigenvalue weighted by Crippen LogP contribution is -2.50. The number of carbonyl (C=O) groups is 1. The average molecular weight is 246 g/mol. The minimum absolute atomic E-state index is 0.0151. The summed E-state index contributed by atoms with van der Waals surface area (Å²) >= 11 is 0. The zero-order chi connectivity index (χ0) is 13.3. The van der Waals surface area contributed by atoms with E-state index >= 15 is 0 Å². The van der Waals surface area contributed by atoms with Crippen LogP contribution in [0.5, 0.6) is 0 Å². The molecule has 0 rings (SSSR count). The van der Waals surface area contributed by atoms with Crippen molar-refractivity contribution in [3.8, 4) is 0 Å². The fraction of sp³-hybridized carbons (Fsp3) is 0.917. The quantitative estimate of drug-likeness (QED) is 0.677. The molecule has 0 unspecified atom stereocenters. The first-order valence-corrected chi connectivity index (χ1v) is 6.27. The molecular formula is C12H26N2O3. The van der Waals surface area contributed by atoms with Crippen LogP contribution >= 0.6 is 0 Å². The zero-order valence-corrected chi connectivity index (χ0v) is 11.4. The van der Waals surface area contributed by atoms with E-state index in [-0.39, 0.29) is 24.7 Å². The van der Waals surface area contributed by atoms with E-state index in [2.05, 4.69) is 5.32 Å². The maximum atomic E-state index is 12.0. The van der Waals surface area contributed by atoms with E-state index in [1.165, 1.54) is 0 Å². The van der Waals surface area contributed by atoms with Gasteiger partial charge >= 0.3 is 6.03 Å². The van der Waals surface area contributed by atoms with Crippen LogP contribution in [0.1, 0.15) is 33.6 Å². The summed E-state index contributed by atoms with van der Waals surface area (Å²) in [7, 11) is 1.62. The number of hydrogen-bond donors (Lipinski definition) is 2. The van der Waals surface area contributed by atoms with Crippen LogP contribution in [0, 0.1) is 0 Å². The summed E-state index contributed by atoms with van der Waals surface area (Å²) in [5.41, 5.74) is 0. The first kappa shape index (κ1) is 16.2. The largest absolute Gasteiger partial charge is 0.395 e. The molecule has 0 bridgehead atoms. The van der Waals surface area contributed by atoms with Crippen molar-refractivity contribution < 1.29 is 14.6 Å². The lowest BCUT2D eigenvalue weighted by atomic mass is 10.2. The number of urea groups is 1. The van der Waals surface area contributed by atoms with Crippen LogP contribution in [-0.2, 0) is 4.74 Å². The number of rotatable bonds is 8. The van der Waals surface area contributed by atoms with Gasteiger partial charge in [0.25, 0.3) is 0 Å². The summed E-state index contributed by atoms with van der Waals surface area (Å²) < 4.78 is 5.04. The molecule has 2 atom stereocenters. The number of aliphatic hydroxyl groups excluding tert-OH is 1. The molecule has 0 saturated carbocycles. The summed E-state index contributed by atoms with van der Waals surface area (Å²) in [6.07, 6.45) is 1.70. The van der Waals surface area contributed by atoms with Gasteiger partial charge in [-0.25, -0.2) is 4.79 Å². The van der Waals surface area contributed by atoms with E-state index in [0.717, 1.165) is 12.8 Å². The van der Waals surface area contributed by atoms with E-state index in [1.807, 2.05) is 20.8 Å². The van der Waals surface area contributed by atoms with Crippen LogP contribution in [0.3, 0.4) is 0 Å². The molecule has 2 amide bonds. The Morgan fingerprint density at radius 3 is 2.47 bits per heavy atom. The Morgan fingerprint density at radius 2 is 2.06 bits per heavy atom. The molecule has 5 nitrogen and oxygen atoms in total. The molecule has 0 aliphatic rings. The molecule has 0 aromatic heterocycles. The van der Waals surface area contributed by atoms with Crippen LogP contribution in [-0.4, -0.2) is 55.0 Å². The second-order valence-electron chi connectivity index (χ2n) is 4.18. The van der Waals surface area contributed by atoms with Crippen LogP contribution in [0.4, 0.5) is 4.79 Å². The van der Waals surface area contributed by atoms with E-state index in [4.69, 9.17) is 9.84 Å². The summed E-state index contributed by atoms with van der Waals surface area (Å²) in [5.74, 6) is 0. The molecule has 0 fully saturated rings. The predicted molar refractivity (Wildman–Crippen MR) is 68.0 cm³/mol. The molecule has 0 aromatic rings. The maximum absolute atomic E-state index is 12.0. The predicted octanol–water partition coefficient (Wildman–Crippen LogP) is 1.21. The second kappa shape index (κ2) is 9.24. The first-order valence-electron chi connectivity index (χ1n) is 6.27. The number of hydrogen-bond acceptors (Lipinski definition) is 3. The van der Waals surface area contributed by atoms with Gasteiger partial charge in [-0.05, 0) is 19.8 Å². The van der Waals surface area contributed by atoms with Gasteiger partial charge in [0.15, 0.2) is 0 Å². The van der Waals surface area contributed by atoms with Gasteiger partial charge in [0.1, 0.15) is 0 Å². The number of amides is 2. The molecular weight excluding hydrogens is 220 g/mol. The van der Waals surface area contributed by atoms with Crippen LogP contribution < -0.4 is 5.32 Å². The molecule has 102 valence electrons. The van der Waals surface area contributed by atoms with Crippen molar-refractivity contribution in [2.75, 3.05) is 26.9 Å². The van der Waals surface area contributed by atoms with Gasteiger partial charge in [-0.15, -0.1) is 0 Å². The highest BCUT2D eigenvalue weighted by atomic mass is 16.5. The smallest absolute Gasteiger partial charge is 0.318 e. The average Bonchev–Trinajstić information content (AvgIpc) is 2.34. The number of methoxy groups -OCH3 is 1. The van der Waals surface area contributed by atoms with Gasteiger partial charge in [0.05, 0.1) is 19.3 Å². The van der Waals surface area contributed by atoms with Crippen molar-refractivity contribution in [2.45, 2.75) is 45.7 Å². The van der Waals surface area contributed by atoms with Crippen molar-refractivity contribution in [1.82, 2.24) is 10.2 Å². The van der Waals surface area contributed by atoms with Gasteiger partial charge in [-0.1, -0.05) is 13.8 Å². The van der Waals surface area contributed by atoms with E-state index < -0.39 is 0 Å². The third kappa shape index (κ3) is 5.89. The normalized spacial score (nSPS) is 14.2. The fourth-order valence-corrected chi connectivity index (χ4v) is 1.57. The van der Waals surface area contributed by atoms with E-state index in [1.54, 1.807) is 12.0 Å². The Labute approximate surface area is 104 Å². The van der Waals surface area contributed by atoms with E-state index in [0.29, 0.717) is 13.2 Å².